The fourth-order valence-corrected chi connectivity index (χ4v) is 7.31. The zero-order chi connectivity index (χ0) is 37.9. The van der Waals surface area contributed by atoms with Crippen LogP contribution in [0.1, 0.15) is 213 Å². The first-order chi connectivity index (χ1) is 24.5. The second-order valence-electron chi connectivity index (χ2n) is 16.4. The van der Waals surface area contributed by atoms with Crippen LogP contribution in [0.4, 0.5) is 0 Å². The van der Waals surface area contributed by atoms with Crippen molar-refractivity contribution in [2.45, 2.75) is 225 Å². The van der Waals surface area contributed by atoms with Crippen molar-refractivity contribution in [3.63, 3.8) is 0 Å². The van der Waals surface area contributed by atoms with E-state index in [9.17, 15) is 19.4 Å². The van der Waals surface area contributed by atoms with Gasteiger partial charge in [0.2, 0.25) is 5.91 Å². The third-order valence-corrected chi connectivity index (χ3v) is 11.1. The Hall–Kier alpha value is -0.500. The van der Waals surface area contributed by atoms with Gasteiger partial charge in [0.05, 0.1) is 39.9 Å². The van der Waals surface area contributed by atoms with Crippen LogP contribution in [0.2, 0.25) is 0 Å². The number of carbonyl (C=O) groups is 1. The quantitative estimate of drug-likeness (QED) is 0.0327. The first kappa shape index (κ1) is 50.5. The smallest absolute Gasteiger partial charge is 0.391 e. The molecule has 3 N–H and O–H groups in total. The van der Waals surface area contributed by atoms with Crippen LogP contribution in [0, 0.1) is 0 Å². The lowest BCUT2D eigenvalue weighted by atomic mass is 10.0. The number of unbranched alkanes of at least 4 members (excludes halogenated alkanes) is 27. The molecule has 51 heavy (non-hydrogen) atoms. The molecule has 3 atom stereocenters. The summed E-state index contributed by atoms with van der Waals surface area (Å²) in [6.45, 7) is 4.89. The van der Waals surface area contributed by atoms with Crippen LogP contribution < -0.4 is 5.32 Å². The van der Waals surface area contributed by atoms with E-state index in [4.69, 9.17) is 9.05 Å². The molecule has 0 aliphatic carbocycles. The van der Waals surface area contributed by atoms with E-state index in [1.807, 2.05) is 21.1 Å². The van der Waals surface area contributed by atoms with Gasteiger partial charge in [-0.1, -0.05) is 194 Å². The van der Waals surface area contributed by atoms with E-state index in [0.717, 1.165) is 38.5 Å². The number of phosphoric acid groups is 1. The number of aliphatic hydroxyl groups excluding tert-OH is 1. The minimum absolute atomic E-state index is 0.0783. The van der Waals surface area contributed by atoms with Crippen LogP contribution in [0.3, 0.4) is 0 Å². The van der Waals surface area contributed by atoms with Gasteiger partial charge in [-0.3, -0.25) is 13.8 Å². The summed E-state index contributed by atoms with van der Waals surface area (Å²) in [6.07, 6.45) is 36.9. The number of carbonyl (C=O) groups excluding carboxylic acids is 1. The molecule has 0 aromatic carbocycles. The lowest BCUT2D eigenvalue weighted by Gasteiger charge is -2.26. The molecule has 0 saturated heterocycles. The van der Waals surface area contributed by atoms with E-state index in [2.05, 4.69) is 19.2 Å². The highest BCUT2D eigenvalue weighted by molar-refractivity contribution is 7.47. The number of nitrogens with one attached hydrogen (secondary N) is 1. The third-order valence-electron chi connectivity index (χ3n) is 10.1. The highest BCUT2D eigenvalue weighted by Gasteiger charge is 2.28. The fraction of sp³-hybridized carbons (Fsp3) is 0.976. The van der Waals surface area contributed by atoms with Gasteiger partial charge in [0.15, 0.2) is 0 Å². The van der Waals surface area contributed by atoms with Crippen molar-refractivity contribution in [1.82, 2.24) is 5.32 Å². The van der Waals surface area contributed by atoms with E-state index >= 15 is 0 Å². The molecule has 0 spiro atoms. The molecule has 0 bridgehead atoms. The van der Waals surface area contributed by atoms with Gasteiger partial charge in [-0.2, -0.15) is 0 Å². The van der Waals surface area contributed by atoms with E-state index < -0.39 is 20.0 Å². The molecule has 9 heteroatoms. The maximum Gasteiger partial charge on any atom is 0.472 e. The van der Waals surface area contributed by atoms with Crippen molar-refractivity contribution in [3.05, 3.63) is 0 Å². The predicted octanol–water partition coefficient (Wildman–Crippen LogP) is 11.8. The summed E-state index contributed by atoms with van der Waals surface area (Å²) in [5.74, 6) is -0.142. The van der Waals surface area contributed by atoms with Crippen molar-refractivity contribution in [2.75, 3.05) is 40.9 Å². The number of likely N-dealkylation sites (N-methyl/N-ethyl adjacent to an activating group) is 1. The van der Waals surface area contributed by atoms with Crippen LogP contribution in [0.5, 0.6) is 0 Å². The normalized spacial score (nSPS) is 14.4. The summed E-state index contributed by atoms with van der Waals surface area (Å²) in [6, 6.07) is -0.751. The predicted molar refractivity (Wildman–Crippen MR) is 217 cm³/mol. The van der Waals surface area contributed by atoms with Gasteiger partial charge in [-0.15, -0.1) is 0 Å². The largest absolute Gasteiger partial charge is 0.472 e. The van der Waals surface area contributed by atoms with Gasteiger partial charge in [-0.05, 0) is 12.8 Å². The summed E-state index contributed by atoms with van der Waals surface area (Å²) in [5, 5.41) is 13.9. The Bertz CT molecular complexity index is 809. The number of phosphoric ester groups is 1. The van der Waals surface area contributed by atoms with Gasteiger partial charge >= 0.3 is 7.82 Å². The van der Waals surface area contributed by atoms with Crippen molar-refractivity contribution < 1.29 is 32.9 Å². The monoisotopic (exact) mass is 748 g/mol. The van der Waals surface area contributed by atoms with Gasteiger partial charge in [0.1, 0.15) is 13.2 Å². The van der Waals surface area contributed by atoms with Gasteiger partial charge < -0.3 is 19.8 Å². The average Bonchev–Trinajstić information content (AvgIpc) is 3.07. The van der Waals surface area contributed by atoms with E-state index in [0.29, 0.717) is 23.9 Å². The van der Waals surface area contributed by atoms with Crippen LogP contribution in [-0.4, -0.2) is 73.4 Å². The molecule has 306 valence electrons. The molecule has 1 amide bonds. The highest BCUT2D eigenvalue weighted by Crippen LogP contribution is 2.43. The van der Waals surface area contributed by atoms with Gasteiger partial charge in [-0.25, -0.2) is 4.57 Å². The molecule has 0 radical (unpaired) electrons. The first-order valence-corrected chi connectivity index (χ1v) is 23.4. The Kier molecular flexibility index (Phi) is 34.9. The Morgan fingerprint density at radius 2 is 0.941 bits per heavy atom. The van der Waals surface area contributed by atoms with Crippen LogP contribution in [-0.2, 0) is 18.4 Å². The van der Waals surface area contributed by atoms with Crippen molar-refractivity contribution in [3.8, 4) is 0 Å². The molecule has 3 unspecified atom stereocenters. The minimum Gasteiger partial charge on any atom is -0.391 e. The molecule has 0 aliphatic rings. The second-order valence-corrected chi connectivity index (χ2v) is 17.9. The number of aliphatic hydroxyl groups is 1. The molecule has 0 heterocycles. The lowest BCUT2D eigenvalue weighted by Crippen LogP contribution is -2.46. The standard InChI is InChI=1S/C42H87N2O6P/c1-6-8-10-12-14-16-18-19-20-21-22-23-24-26-28-30-32-34-36-42(46)43-40(39-50-51(47,48)49-38-37-44(3,4)5)41(45)35-33-31-29-27-25-17-15-13-11-9-7-2/h40-41,45H,6-39H2,1-5H3,(H-,43,46,47,48)/p+1. The maximum atomic E-state index is 12.9. The molecule has 0 saturated carbocycles. The molecule has 8 nitrogen and oxygen atoms in total. The van der Waals surface area contributed by atoms with Crippen molar-refractivity contribution >= 4 is 13.7 Å². The Labute approximate surface area is 317 Å². The second kappa shape index (κ2) is 35.2. The summed E-state index contributed by atoms with van der Waals surface area (Å²) in [4.78, 5) is 23.1. The summed E-state index contributed by atoms with van der Waals surface area (Å²) in [5.41, 5.74) is 0. The Balaban J connectivity index is 4.28. The Morgan fingerprint density at radius 1 is 0.588 bits per heavy atom. The van der Waals surface area contributed by atoms with Crippen LogP contribution in [0.25, 0.3) is 0 Å². The number of hydrogen-bond acceptors (Lipinski definition) is 5. The minimum atomic E-state index is -4.30. The number of rotatable bonds is 40. The van der Waals surface area contributed by atoms with E-state index in [-0.39, 0.29) is 19.1 Å². The lowest BCUT2D eigenvalue weighted by molar-refractivity contribution is -0.870. The summed E-state index contributed by atoms with van der Waals surface area (Å²) >= 11 is 0. The molecular weight excluding hydrogens is 659 g/mol. The number of amides is 1. The maximum absolute atomic E-state index is 12.9. The zero-order valence-electron chi connectivity index (χ0n) is 34.6. The zero-order valence-corrected chi connectivity index (χ0v) is 35.5. The van der Waals surface area contributed by atoms with Crippen molar-refractivity contribution in [2.24, 2.45) is 0 Å². The molecule has 0 aromatic heterocycles. The molecular formula is C42H88N2O6P+. The first-order valence-electron chi connectivity index (χ1n) is 21.9. The number of quaternary nitrogens is 1. The molecule has 0 fully saturated rings. The summed E-state index contributed by atoms with van der Waals surface area (Å²) in [7, 11) is 1.63. The molecule has 0 rings (SSSR count). The highest BCUT2D eigenvalue weighted by atomic mass is 31.2. The number of hydrogen-bond donors (Lipinski definition) is 3. The topological polar surface area (TPSA) is 105 Å². The van der Waals surface area contributed by atoms with Crippen molar-refractivity contribution in [1.29, 1.82) is 0 Å². The van der Waals surface area contributed by atoms with Crippen LogP contribution >= 0.6 is 7.82 Å². The van der Waals surface area contributed by atoms with Crippen LogP contribution in [0.15, 0.2) is 0 Å². The SMILES string of the molecule is CCCCCCCCCCCCCCCCCCCCC(=O)NC(COP(=O)(O)OCC[N+](C)(C)C)C(O)CCCCCCCCCCCCC. The third kappa shape index (κ3) is 37.6. The van der Waals surface area contributed by atoms with E-state index in [1.165, 1.54) is 148 Å². The van der Waals surface area contributed by atoms with E-state index in [1.54, 1.807) is 0 Å². The molecule has 0 aromatic rings. The number of nitrogens with zero attached hydrogens (tertiary/aromatic N) is 1. The van der Waals surface area contributed by atoms with Gasteiger partial charge in [0, 0.05) is 6.42 Å². The average molecular weight is 748 g/mol. The Morgan fingerprint density at radius 3 is 1.31 bits per heavy atom. The fourth-order valence-electron chi connectivity index (χ4n) is 6.58. The molecule has 0 aliphatic heterocycles. The summed E-state index contributed by atoms with van der Waals surface area (Å²) < 4.78 is 23.6. The van der Waals surface area contributed by atoms with Gasteiger partial charge in [0.25, 0.3) is 0 Å².